The molecule has 0 amide bonds. The Morgan fingerprint density at radius 1 is 0.935 bits per heavy atom. The number of fused-ring (bicyclic) bond motifs is 1. The summed E-state index contributed by atoms with van der Waals surface area (Å²) in [6.07, 6.45) is 1.43. The zero-order valence-corrected chi connectivity index (χ0v) is 17.7. The van der Waals surface area contributed by atoms with Crippen LogP contribution in [0.4, 0.5) is 16.2 Å². The third kappa shape index (κ3) is 3.79. The lowest BCUT2D eigenvalue weighted by Crippen LogP contribution is -2.46. The standard InChI is InChI=1S/C22H25FN6O2/c1-14-12-30-10-8-28(14)21-17-5-6-18(16-4-3-7-24-19(16)23)25-20(17)26-22(27-21)29-9-11-31-13-15(29)2/h3-7,14-15H,8-13H2,1-2H3/t14-,15-/m0/s1. The Balaban J connectivity index is 1.67. The Morgan fingerprint density at radius 2 is 1.68 bits per heavy atom. The minimum absolute atomic E-state index is 0.153. The van der Waals surface area contributed by atoms with Crippen molar-refractivity contribution in [3.05, 3.63) is 36.4 Å². The van der Waals surface area contributed by atoms with E-state index in [0.29, 0.717) is 55.8 Å². The van der Waals surface area contributed by atoms with E-state index in [2.05, 4.69) is 28.6 Å². The lowest BCUT2D eigenvalue weighted by atomic mass is 10.1. The highest BCUT2D eigenvalue weighted by Gasteiger charge is 2.27. The van der Waals surface area contributed by atoms with Gasteiger partial charge < -0.3 is 19.3 Å². The molecule has 0 radical (unpaired) electrons. The van der Waals surface area contributed by atoms with Crippen molar-refractivity contribution in [2.75, 3.05) is 49.3 Å². The van der Waals surface area contributed by atoms with Crippen LogP contribution in [0.25, 0.3) is 22.3 Å². The highest BCUT2D eigenvalue weighted by Crippen LogP contribution is 2.31. The van der Waals surface area contributed by atoms with Crippen LogP contribution in [0.2, 0.25) is 0 Å². The van der Waals surface area contributed by atoms with E-state index in [1.54, 1.807) is 18.2 Å². The summed E-state index contributed by atoms with van der Waals surface area (Å²) in [6, 6.07) is 7.43. The average molecular weight is 424 g/mol. The van der Waals surface area contributed by atoms with Crippen LogP contribution in [-0.4, -0.2) is 71.5 Å². The van der Waals surface area contributed by atoms with Crippen molar-refractivity contribution in [2.24, 2.45) is 0 Å². The number of ether oxygens (including phenoxy) is 2. The van der Waals surface area contributed by atoms with Gasteiger partial charge in [0.05, 0.1) is 55.2 Å². The molecule has 0 unspecified atom stereocenters. The molecule has 0 spiro atoms. The summed E-state index contributed by atoms with van der Waals surface area (Å²) in [5.74, 6) is 0.904. The Labute approximate surface area is 180 Å². The van der Waals surface area contributed by atoms with Gasteiger partial charge in [0.2, 0.25) is 11.9 Å². The minimum atomic E-state index is -0.549. The van der Waals surface area contributed by atoms with Crippen molar-refractivity contribution >= 4 is 22.8 Å². The monoisotopic (exact) mass is 424 g/mol. The minimum Gasteiger partial charge on any atom is -0.377 e. The summed E-state index contributed by atoms with van der Waals surface area (Å²) in [5, 5.41) is 0.839. The van der Waals surface area contributed by atoms with Gasteiger partial charge in [-0.2, -0.15) is 14.4 Å². The fourth-order valence-electron chi connectivity index (χ4n) is 4.12. The molecule has 2 saturated heterocycles. The van der Waals surface area contributed by atoms with Gasteiger partial charge in [-0.25, -0.2) is 9.97 Å². The van der Waals surface area contributed by atoms with Crippen LogP contribution in [0.15, 0.2) is 30.5 Å². The smallest absolute Gasteiger partial charge is 0.229 e. The zero-order valence-electron chi connectivity index (χ0n) is 17.7. The fraction of sp³-hybridized carbons (Fsp3) is 0.455. The third-order valence-electron chi connectivity index (χ3n) is 5.83. The van der Waals surface area contributed by atoms with Gasteiger partial charge in [0.1, 0.15) is 5.82 Å². The highest BCUT2D eigenvalue weighted by atomic mass is 19.1. The van der Waals surface area contributed by atoms with E-state index in [0.717, 1.165) is 17.7 Å². The van der Waals surface area contributed by atoms with Crippen LogP contribution < -0.4 is 9.80 Å². The first-order valence-corrected chi connectivity index (χ1v) is 10.6. The largest absolute Gasteiger partial charge is 0.377 e. The molecule has 0 saturated carbocycles. The van der Waals surface area contributed by atoms with Crippen LogP contribution >= 0.6 is 0 Å². The molecule has 5 heterocycles. The van der Waals surface area contributed by atoms with Gasteiger partial charge in [-0.05, 0) is 38.1 Å². The maximum Gasteiger partial charge on any atom is 0.229 e. The zero-order chi connectivity index (χ0) is 21.4. The lowest BCUT2D eigenvalue weighted by molar-refractivity contribution is 0.0973. The second-order valence-corrected chi connectivity index (χ2v) is 7.99. The SMILES string of the molecule is C[C@H]1COCCN1c1nc(N2CCOC[C@@H]2C)c2ccc(-c3cccnc3F)nc2n1. The number of hydrogen-bond donors (Lipinski definition) is 0. The molecular formula is C22H25FN6O2. The van der Waals surface area contributed by atoms with Crippen LogP contribution in [0, 0.1) is 5.95 Å². The van der Waals surface area contributed by atoms with Gasteiger partial charge in [0.15, 0.2) is 5.65 Å². The quantitative estimate of drug-likeness (QED) is 0.594. The molecule has 0 N–H and O–H groups in total. The Bertz CT molecular complexity index is 1100. The van der Waals surface area contributed by atoms with E-state index in [4.69, 9.17) is 24.4 Å². The molecule has 162 valence electrons. The van der Waals surface area contributed by atoms with Crippen molar-refractivity contribution in [2.45, 2.75) is 25.9 Å². The second kappa shape index (κ2) is 8.32. The van der Waals surface area contributed by atoms with E-state index >= 15 is 0 Å². The molecule has 0 aromatic carbocycles. The van der Waals surface area contributed by atoms with Gasteiger partial charge in [-0.15, -0.1) is 0 Å². The van der Waals surface area contributed by atoms with E-state index in [1.807, 2.05) is 6.07 Å². The molecule has 3 aromatic heterocycles. The van der Waals surface area contributed by atoms with E-state index < -0.39 is 5.95 Å². The number of morpholine rings is 2. The Morgan fingerprint density at radius 3 is 2.39 bits per heavy atom. The molecule has 2 atom stereocenters. The predicted octanol–water partition coefficient (Wildman–Crippen LogP) is 2.68. The molecule has 2 aliphatic rings. The van der Waals surface area contributed by atoms with Crippen molar-refractivity contribution in [1.29, 1.82) is 0 Å². The number of halogens is 1. The molecule has 5 rings (SSSR count). The average Bonchev–Trinajstić information content (AvgIpc) is 2.79. The molecule has 0 bridgehead atoms. The lowest BCUT2D eigenvalue weighted by Gasteiger charge is -2.37. The number of aromatic nitrogens is 4. The third-order valence-corrected chi connectivity index (χ3v) is 5.83. The first-order valence-electron chi connectivity index (χ1n) is 10.6. The normalized spacial score (nSPS) is 22.2. The maximum absolute atomic E-state index is 14.3. The van der Waals surface area contributed by atoms with Gasteiger partial charge in [-0.3, -0.25) is 0 Å². The van der Waals surface area contributed by atoms with Crippen LogP contribution in [0.1, 0.15) is 13.8 Å². The Hall–Kier alpha value is -2.91. The van der Waals surface area contributed by atoms with Gasteiger partial charge in [0.25, 0.3) is 0 Å². The number of nitrogens with zero attached hydrogens (tertiary/aromatic N) is 6. The first kappa shape index (κ1) is 20.0. The molecule has 2 aliphatic heterocycles. The topological polar surface area (TPSA) is 76.5 Å². The first-order chi connectivity index (χ1) is 15.1. The summed E-state index contributed by atoms with van der Waals surface area (Å²) in [6.45, 7) is 8.21. The van der Waals surface area contributed by atoms with Crippen LogP contribution in [0.3, 0.4) is 0 Å². The summed E-state index contributed by atoms with van der Waals surface area (Å²) in [5.41, 5.74) is 1.39. The molecule has 3 aromatic rings. The van der Waals surface area contributed by atoms with Gasteiger partial charge in [-0.1, -0.05) is 0 Å². The molecular weight excluding hydrogens is 399 g/mol. The van der Waals surface area contributed by atoms with E-state index in [9.17, 15) is 4.39 Å². The number of rotatable bonds is 3. The maximum atomic E-state index is 14.3. The van der Waals surface area contributed by atoms with Crippen molar-refractivity contribution in [3.63, 3.8) is 0 Å². The fourth-order valence-corrected chi connectivity index (χ4v) is 4.12. The predicted molar refractivity (Wildman–Crippen MR) is 116 cm³/mol. The van der Waals surface area contributed by atoms with E-state index in [-0.39, 0.29) is 12.1 Å². The summed E-state index contributed by atoms with van der Waals surface area (Å²) >= 11 is 0. The van der Waals surface area contributed by atoms with Crippen LogP contribution in [-0.2, 0) is 9.47 Å². The summed E-state index contributed by atoms with van der Waals surface area (Å²) in [7, 11) is 0. The second-order valence-electron chi connectivity index (χ2n) is 7.99. The molecule has 31 heavy (non-hydrogen) atoms. The molecule has 2 fully saturated rings. The molecule has 8 nitrogen and oxygen atoms in total. The van der Waals surface area contributed by atoms with Gasteiger partial charge in [0, 0.05) is 19.3 Å². The van der Waals surface area contributed by atoms with Gasteiger partial charge >= 0.3 is 0 Å². The van der Waals surface area contributed by atoms with Crippen molar-refractivity contribution in [1.82, 2.24) is 19.9 Å². The number of pyridine rings is 2. The van der Waals surface area contributed by atoms with Crippen molar-refractivity contribution < 1.29 is 13.9 Å². The van der Waals surface area contributed by atoms with E-state index in [1.165, 1.54) is 6.20 Å². The number of anilines is 2. The summed E-state index contributed by atoms with van der Waals surface area (Å²) < 4.78 is 25.5. The number of hydrogen-bond acceptors (Lipinski definition) is 8. The van der Waals surface area contributed by atoms with Crippen molar-refractivity contribution in [3.8, 4) is 11.3 Å². The molecule has 0 aliphatic carbocycles. The summed E-state index contributed by atoms with van der Waals surface area (Å²) in [4.78, 5) is 22.6. The highest BCUT2D eigenvalue weighted by molar-refractivity contribution is 5.90. The Kier molecular flexibility index (Phi) is 5.37. The van der Waals surface area contributed by atoms with Crippen LogP contribution in [0.5, 0.6) is 0 Å². The molecule has 9 heteroatoms.